The fraction of sp³-hybridized carbons (Fsp3) is 0.278. The van der Waals surface area contributed by atoms with Crippen LogP contribution in [0.1, 0.15) is 22.7 Å². The molecule has 3 N–H and O–H groups in total. The van der Waals surface area contributed by atoms with Crippen LogP contribution >= 0.6 is 23.2 Å². The lowest BCUT2D eigenvalue weighted by Crippen LogP contribution is -2.60. The summed E-state index contributed by atoms with van der Waals surface area (Å²) in [5.41, 5.74) is 3.45. The van der Waals surface area contributed by atoms with E-state index in [0.717, 1.165) is 29.3 Å². The maximum absolute atomic E-state index is 14.9. The smallest absolute Gasteiger partial charge is 0.352 e. The Bertz CT molecular complexity index is 1050. The van der Waals surface area contributed by atoms with Gasteiger partial charge in [0.25, 0.3) is 0 Å². The molecule has 3 amide bonds. The molecule has 1 fully saturated rings. The van der Waals surface area contributed by atoms with Gasteiger partial charge in [0.1, 0.15) is 22.7 Å². The number of primary amides is 1. The number of benzene rings is 1. The average molecular weight is 483 g/mol. The Labute approximate surface area is 182 Å². The van der Waals surface area contributed by atoms with Crippen molar-refractivity contribution in [1.29, 1.82) is 0 Å². The fourth-order valence-corrected chi connectivity index (χ4v) is 3.86. The van der Waals surface area contributed by atoms with E-state index in [2.05, 4.69) is 10.3 Å². The lowest BCUT2D eigenvalue weighted by Gasteiger charge is -2.39. The Hall–Kier alpha value is -2.66. The van der Waals surface area contributed by atoms with Gasteiger partial charge in [0.2, 0.25) is 5.91 Å². The second-order valence-corrected chi connectivity index (χ2v) is 7.39. The molecule has 0 radical (unpaired) electrons. The van der Waals surface area contributed by atoms with Crippen molar-refractivity contribution in [3.05, 3.63) is 62.9 Å². The molecule has 2 heterocycles. The molecule has 13 heteroatoms. The summed E-state index contributed by atoms with van der Waals surface area (Å²) in [6.45, 7) is -0.00967. The van der Waals surface area contributed by atoms with E-state index < -0.39 is 57.4 Å². The van der Waals surface area contributed by atoms with Gasteiger partial charge in [-0.05, 0) is 23.3 Å². The zero-order chi connectivity index (χ0) is 23.1. The first-order chi connectivity index (χ1) is 14.4. The number of amides is 3. The number of pyridine rings is 1. The van der Waals surface area contributed by atoms with Crippen molar-refractivity contribution in [3.63, 3.8) is 0 Å². The van der Waals surface area contributed by atoms with Crippen molar-refractivity contribution >= 4 is 35.1 Å². The molecule has 166 valence electrons. The van der Waals surface area contributed by atoms with Gasteiger partial charge in [-0.3, -0.25) is 9.78 Å². The monoisotopic (exact) mass is 482 g/mol. The minimum atomic E-state index is -4.86. The summed E-state index contributed by atoms with van der Waals surface area (Å²) in [6.07, 6.45) is -4.12. The summed E-state index contributed by atoms with van der Waals surface area (Å²) in [5.74, 6) is -4.56. The van der Waals surface area contributed by atoms with Crippen LogP contribution in [0.5, 0.6) is 0 Å². The van der Waals surface area contributed by atoms with Gasteiger partial charge in [-0.1, -0.05) is 29.3 Å². The minimum Gasteiger partial charge on any atom is -0.352 e. The quantitative estimate of drug-likeness (QED) is 0.516. The molecule has 0 spiro atoms. The SMILES string of the molecule is NC(=O)N1CCNC(=O)C1[C@@H](c1cnc(C(F)(F)F)c(Cl)c1)c1ccc(F)c(Cl)c1F. The molecule has 1 aromatic heterocycles. The standard InChI is InChI=1S/C18H13Cl2F5N4O2/c19-9-5-7(6-28-15(9)18(23,24)25)11(8-1-2-10(21)12(20)13(8)22)14-16(30)27-3-4-29(14)17(26)31/h1-2,5-6,11,14H,3-4H2,(H2,26,31)(H,27,30)/t11-,14?/m0/s1. The summed E-state index contributed by atoms with van der Waals surface area (Å²) in [4.78, 5) is 28.8. The summed E-state index contributed by atoms with van der Waals surface area (Å²) >= 11 is 11.4. The second-order valence-electron chi connectivity index (χ2n) is 6.61. The molecule has 0 aliphatic carbocycles. The maximum atomic E-state index is 14.9. The summed E-state index contributed by atoms with van der Waals surface area (Å²) in [7, 11) is 0. The Morgan fingerprint density at radius 2 is 1.97 bits per heavy atom. The van der Waals surface area contributed by atoms with E-state index in [1.807, 2.05) is 0 Å². The summed E-state index contributed by atoms with van der Waals surface area (Å²) < 4.78 is 67.8. The van der Waals surface area contributed by atoms with E-state index >= 15 is 0 Å². The van der Waals surface area contributed by atoms with Crippen molar-refractivity contribution in [2.45, 2.75) is 18.1 Å². The third-order valence-electron chi connectivity index (χ3n) is 4.75. The van der Waals surface area contributed by atoms with E-state index in [-0.39, 0.29) is 24.2 Å². The number of piperazine rings is 1. The molecule has 1 saturated heterocycles. The molecular weight excluding hydrogens is 470 g/mol. The van der Waals surface area contributed by atoms with Gasteiger partial charge in [-0.15, -0.1) is 0 Å². The van der Waals surface area contributed by atoms with Gasteiger partial charge in [0.05, 0.1) is 5.02 Å². The van der Waals surface area contributed by atoms with Crippen LogP contribution in [0.25, 0.3) is 0 Å². The number of hydrogen-bond donors (Lipinski definition) is 2. The van der Waals surface area contributed by atoms with E-state index in [4.69, 9.17) is 28.9 Å². The Balaban J connectivity index is 2.25. The highest BCUT2D eigenvalue weighted by Crippen LogP contribution is 2.39. The van der Waals surface area contributed by atoms with Crippen molar-refractivity contribution < 1.29 is 31.5 Å². The van der Waals surface area contributed by atoms with Crippen LogP contribution in [-0.4, -0.2) is 41.0 Å². The van der Waals surface area contributed by atoms with Crippen molar-refractivity contribution in [2.24, 2.45) is 5.73 Å². The predicted molar refractivity (Wildman–Crippen MR) is 101 cm³/mol. The number of carbonyl (C=O) groups is 2. The fourth-order valence-electron chi connectivity index (χ4n) is 3.41. The molecule has 3 rings (SSSR count). The number of nitrogens with one attached hydrogen (secondary N) is 1. The first-order valence-electron chi connectivity index (χ1n) is 8.63. The lowest BCUT2D eigenvalue weighted by molar-refractivity contribution is -0.141. The maximum Gasteiger partial charge on any atom is 0.434 e. The van der Waals surface area contributed by atoms with E-state index in [1.165, 1.54) is 0 Å². The first kappa shape index (κ1) is 23.0. The van der Waals surface area contributed by atoms with Gasteiger partial charge >= 0.3 is 12.2 Å². The number of halogens is 7. The Morgan fingerprint density at radius 3 is 2.55 bits per heavy atom. The number of hydrogen-bond acceptors (Lipinski definition) is 3. The minimum absolute atomic E-state index is 0.0453. The van der Waals surface area contributed by atoms with Crippen LogP contribution in [0.2, 0.25) is 10.0 Å². The third kappa shape index (κ3) is 4.38. The molecule has 1 unspecified atom stereocenters. The van der Waals surface area contributed by atoms with Crippen LogP contribution in [0, 0.1) is 11.6 Å². The number of nitrogens with zero attached hydrogens (tertiary/aromatic N) is 2. The molecular formula is C18H13Cl2F5N4O2. The number of rotatable bonds is 3. The van der Waals surface area contributed by atoms with Crippen molar-refractivity contribution in [1.82, 2.24) is 15.2 Å². The van der Waals surface area contributed by atoms with Crippen molar-refractivity contribution in [2.75, 3.05) is 13.1 Å². The molecule has 0 bridgehead atoms. The molecule has 1 aliphatic rings. The Morgan fingerprint density at radius 1 is 1.29 bits per heavy atom. The highest BCUT2D eigenvalue weighted by atomic mass is 35.5. The molecule has 6 nitrogen and oxygen atoms in total. The van der Waals surface area contributed by atoms with Crippen LogP contribution in [0.15, 0.2) is 24.4 Å². The number of carbonyl (C=O) groups excluding carboxylic acids is 2. The van der Waals surface area contributed by atoms with Gasteiger partial charge in [0, 0.05) is 25.2 Å². The molecule has 0 saturated carbocycles. The summed E-state index contributed by atoms with van der Waals surface area (Å²) in [6, 6.07) is 0.122. The number of nitrogens with two attached hydrogens (primary N) is 1. The zero-order valence-corrected chi connectivity index (χ0v) is 16.8. The van der Waals surface area contributed by atoms with Crippen LogP contribution in [-0.2, 0) is 11.0 Å². The number of urea groups is 1. The molecule has 2 aromatic rings. The van der Waals surface area contributed by atoms with Crippen LogP contribution in [0.4, 0.5) is 26.7 Å². The largest absolute Gasteiger partial charge is 0.434 e. The predicted octanol–water partition coefficient (Wildman–Crippen LogP) is 3.70. The van der Waals surface area contributed by atoms with Gasteiger partial charge in [0.15, 0.2) is 5.69 Å². The van der Waals surface area contributed by atoms with Gasteiger partial charge < -0.3 is 16.0 Å². The second kappa shape index (κ2) is 8.46. The molecule has 1 aromatic carbocycles. The van der Waals surface area contributed by atoms with Gasteiger partial charge in [-0.25, -0.2) is 13.6 Å². The zero-order valence-electron chi connectivity index (χ0n) is 15.3. The average Bonchev–Trinajstić information content (AvgIpc) is 2.68. The van der Waals surface area contributed by atoms with E-state index in [1.54, 1.807) is 0 Å². The normalized spacial score (nSPS) is 18.0. The lowest BCUT2D eigenvalue weighted by atomic mass is 9.83. The van der Waals surface area contributed by atoms with Gasteiger partial charge in [-0.2, -0.15) is 13.2 Å². The first-order valence-corrected chi connectivity index (χ1v) is 9.39. The third-order valence-corrected chi connectivity index (χ3v) is 5.38. The topological polar surface area (TPSA) is 88.3 Å². The molecule has 31 heavy (non-hydrogen) atoms. The summed E-state index contributed by atoms with van der Waals surface area (Å²) in [5, 5.41) is 0.774. The van der Waals surface area contributed by atoms with Crippen LogP contribution < -0.4 is 11.1 Å². The number of alkyl halides is 3. The highest BCUT2D eigenvalue weighted by Gasteiger charge is 2.43. The molecule has 1 aliphatic heterocycles. The van der Waals surface area contributed by atoms with E-state index in [0.29, 0.717) is 0 Å². The number of aromatic nitrogens is 1. The van der Waals surface area contributed by atoms with E-state index in [9.17, 15) is 31.5 Å². The molecule has 2 atom stereocenters. The highest BCUT2D eigenvalue weighted by molar-refractivity contribution is 6.31. The van der Waals surface area contributed by atoms with Crippen molar-refractivity contribution in [3.8, 4) is 0 Å². The Kier molecular flexibility index (Phi) is 6.28. The van der Waals surface area contributed by atoms with Crippen LogP contribution in [0.3, 0.4) is 0 Å².